The minimum atomic E-state index is -0.319. The molecule has 1 fully saturated rings. The molecule has 1 N–H and O–H groups in total. The number of nitrogens with zero attached hydrogens (tertiary/aromatic N) is 3. The first kappa shape index (κ1) is 17.3. The molecule has 1 aliphatic rings. The number of rotatable bonds is 5. The fourth-order valence-corrected chi connectivity index (χ4v) is 3.41. The summed E-state index contributed by atoms with van der Waals surface area (Å²) in [5.74, 6) is -0.319. The zero-order chi connectivity index (χ0) is 16.8. The Bertz CT molecular complexity index is 645. The van der Waals surface area contributed by atoms with Gasteiger partial charge in [-0.25, -0.2) is 14.4 Å². The first-order valence-electron chi connectivity index (χ1n) is 8.35. The zero-order valence-corrected chi connectivity index (χ0v) is 14.3. The van der Waals surface area contributed by atoms with Crippen LogP contribution in [0.5, 0.6) is 0 Å². The largest absolute Gasteiger partial charge is 0.317 e. The fourth-order valence-electron chi connectivity index (χ4n) is 3.22. The Balaban J connectivity index is 1.81. The van der Waals surface area contributed by atoms with Gasteiger partial charge in [0.1, 0.15) is 12.1 Å². The molecule has 1 aliphatic heterocycles. The summed E-state index contributed by atoms with van der Waals surface area (Å²) in [4.78, 5) is 10.5. The van der Waals surface area contributed by atoms with Gasteiger partial charge in [0.15, 0.2) is 0 Å². The van der Waals surface area contributed by atoms with Crippen LogP contribution < -0.4 is 5.32 Å². The van der Waals surface area contributed by atoms with E-state index < -0.39 is 0 Å². The van der Waals surface area contributed by atoms with E-state index in [1.165, 1.54) is 6.33 Å². The molecule has 0 spiro atoms. The molecule has 2 heterocycles. The SMILES string of the molecule is Fc1c(Cl)cccc1CN(Cc1cncnc1)[C@H]1CCCNCC1. The number of nitrogens with one attached hydrogen (secondary N) is 1. The Labute approximate surface area is 147 Å². The molecule has 1 aromatic heterocycles. The van der Waals surface area contributed by atoms with Crippen molar-refractivity contribution in [1.82, 2.24) is 20.2 Å². The molecule has 0 radical (unpaired) electrons. The summed E-state index contributed by atoms with van der Waals surface area (Å²) < 4.78 is 14.4. The highest BCUT2D eigenvalue weighted by atomic mass is 35.5. The van der Waals surface area contributed by atoms with Crippen LogP contribution in [0.2, 0.25) is 5.02 Å². The second-order valence-corrected chi connectivity index (χ2v) is 6.61. The smallest absolute Gasteiger partial charge is 0.146 e. The second kappa shape index (κ2) is 8.51. The lowest BCUT2D eigenvalue weighted by molar-refractivity contribution is 0.162. The third-order valence-corrected chi connectivity index (χ3v) is 4.76. The molecule has 24 heavy (non-hydrogen) atoms. The predicted octanol–water partition coefficient (Wildman–Crippen LogP) is 3.41. The Morgan fingerprint density at radius 2 is 2.00 bits per heavy atom. The van der Waals surface area contributed by atoms with Gasteiger partial charge in [0.25, 0.3) is 0 Å². The van der Waals surface area contributed by atoms with Gasteiger partial charge in [-0.1, -0.05) is 23.7 Å². The van der Waals surface area contributed by atoms with Crippen molar-refractivity contribution in [1.29, 1.82) is 0 Å². The molecule has 0 unspecified atom stereocenters. The minimum Gasteiger partial charge on any atom is -0.317 e. The monoisotopic (exact) mass is 348 g/mol. The van der Waals surface area contributed by atoms with E-state index in [-0.39, 0.29) is 10.8 Å². The standard InChI is InChI=1S/C18H22ClFN4/c19-17-5-1-3-15(18(17)20)12-24(11-14-9-22-13-23-10-14)16-4-2-7-21-8-6-16/h1,3,5,9-10,13,16,21H,2,4,6-8,11-12H2/t16-/m0/s1. The summed E-state index contributed by atoms with van der Waals surface area (Å²) in [6, 6.07) is 5.61. The predicted molar refractivity (Wildman–Crippen MR) is 93.2 cm³/mol. The van der Waals surface area contributed by atoms with Crippen molar-refractivity contribution < 1.29 is 4.39 Å². The number of hydrogen-bond acceptors (Lipinski definition) is 4. The first-order chi connectivity index (χ1) is 11.7. The average Bonchev–Trinajstić information content (AvgIpc) is 2.88. The van der Waals surface area contributed by atoms with Gasteiger partial charge in [-0.15, -0.1) is 0 Å². The molecule has 1 atom stereocenters. The van der Waals surface area contributed by atoms with E-state index in [0.717, 1.165) is 37.9 Å². The molecular formula is C18H22ClFN4. The molecular weight excluding hydrogens is 327 g/mol. The molecule has 1 saturated heterocycles. The highest BCUT2D eigenvalue weighted by Crippen LogP contribution is 2.23. The topological polar surface area (TPSA) is 41.1 Å². The molecule has 0 amide bonds. The van der Waals surface area contributed by atoms with Crippen molar-refractivity contribution in [2.24, 2.45) is 0 Å². The van der Waals surface area contributed by atoms with E-state index >= 15 is 0 Å². The van der Waals surface area contributed by atoms with Gasteiger partial charge in [-0.05, 0) is 38.4 Å². The maximum absolute atomic E-state index is 14.4. The van der Waals surface area contributed by atoms with Gasteiger partial charge in [0, 0.05) is 42.7 Å². The highest BCUT2D eigenvalue weighted by molar-refractivity contribution is 6.30. The van der Waals surface area contributed by atoms with Crippen LogP contribution in [-0.4, -0.2) is 34.0 Å². The van der Waals surface area contributed by atoms with Crippen LogP contribution in [0, 0.1) is 5.82 Å². The normalized spacial score (nSPS) is 18.5. The van der Waals surface area contributed by atoms with Crippen molar-refractivity contribution >= 4 is 11.6 Å². The molecule has 4 nitrogen and oxygen atoms in total. The summed E-state index contributed by atoms with van der Waals surface area (Å²) in [6.07, 6.45) is 8.45. The van der Waals surface area contributed by atoms with Crippen LogP contribution in [0.25, 0.3) is 0 Å². The summed E-state index contributed by atoms with van der Waals surface area (Å²) in [5, 5.41) is 3.61. The lowest BCUT2D eigenvalue weighted by atomic mass is 10.0. The first-order valence-corrected chi connectivity index (χ1v) is 8.73. The van der Waals surface area contributed by atoms with E-state index in [1.54, 1.807) is 12.1 Å². The molecule has 0 aliphatic carbocycles. The van der Waals surface area contributed by atoms with E-state index in [2.05, 4.69) is 20.2 Å². The molecule has 0 bridgehead atoms. The Morgan fingerprint density at radius 3 is 2.83 bits per heavy atom. The maximum atomic E-state index is 14.4. The second-order valence-electron chi connectivity index (χ2n) is 6.20. The minimum absolute atomic E-state index is 0.179. The van der Waals surface area contributed by atoms with Crippen molar-refractivity contribution in [3.8, 4) is 0 Å². The van der Waals surface area contributed by atoms with E-state index in [4.69, 9.17) is 11.6 Å². The lowest BCUT2D eigenvalue weighted by Crippen LogP contribution is -2.35. The summed E-state index contributed by atoms with van der Waals surface area (Å²) in [5.41, 5.74) is 1.67. The molecule has 0 saturated carbocycles. The Kier molecular flexibility index (Phi) is 6.12. The number of aromatic nitrogens is 2. The summed E-state index contributed by atoms with van der Waals surface area (Å²) in [6.45, 7) is 3.28. The Morgan fingerprint density at radius 1 is 1.17 bits per heavy atom. The quantitative estimate of drug-likeness (QED) is 0.899. The summed E-state index contributed by atoms with van der Waals surface area (Å²) in [7, 11) is 0. The van der Waals surface area contributed by atoms with Gasteiger partial charge in [0.2, 0.25) is 0 Å². The number of hydrogen-bond donors (Lipinski definition) is 1. The van der Waals surface area contributed by atoms with Crippen LogP contribution in [0.3, 0.4) is 0 Å². The van der Waals surface area contributed by atoms with Crippen molar-refractivity contribution in [2.75, 3.05) is 13.1 Å². The lowest BCUT2D eigenvalue weighted by Gasteiger charge is -2.31. The number of benzene rings is 1. The van der Waals surface area contributed by atoms with Crippen LogP contribution in [0.1, 0.15) is 30.4 Å². The Hall–Kier alpha value is -1.56. The van der Waals surface area contributed by atoms with Crippen molar-refractivity contribution in [3.05, 3.63) is 58.9 Å². The number of halogens is 2. The van der Waals surface area contributed by atoms with Gasteiger partial charge in [-0.3, -0.25) is 4.90 Å². The molecule has 128 valence electrons. The maximum Gasteiger partial charge on any atom is 0.146 e. The van der Waals surface area contributed by atoms with Crippen LogP contribution in [-0.2, 0) is 13.1 Å². The van der Waals surface area contributed by atoms with Crippen LogP contribution in [0.4, 0.5) is 4.39 Å². The third kappa shape index (κ3) is 4.50. The van der Waals surface area contributed by atoms with Gasteiger partial charge >= 0.3 is 0 Å². The van der Waals surface area contributed by atoms with Crippen molar-refractivity contribution in [2.45, 2.75) is 38.4 Å². The molecule has 3 rings (SSSR count). The van der Waals surface area contributed by atoms with Crippen LogP contribution in [0.15, 0.2) is 36.9 Å². The van der Waals surface area contributed by atoms with Gasteiger partial charge in [-0.2, -0.15) is 0 Å². The van der Waals surface area contributed by atoms with Crippen LogP contribution >= 0.6 is 11.6 Å². The van der Waals surface area contributed by atoms with E-state index in [0.29, 0.717) is 24.7 Å². The average molecular weight is 349 g/mol. The van der Waals surface area contributed by atoms with Gasteiger partial charge in [0.05, 0.1) is 5.02 Å². The third-order valence-electron chi connectivity index (χ3n) is 4.47. The van der Waals surface area contributed by atoms with Crippen molar-refractivity contribution in [3.63, 3.8) is 0 Å². The van der Waals surface area contributed by atoms with Gasteiger partial charge < -0.3 is 5.32 Å². The summed E-state index contributed by atoms with van der Waals surface area (Å²) >= 11 is 5.95. The molecule has 6 heteroatoms. The fraction of sp³-hybridized carbons (Fsp3) is 0.444. The molecule has 1 aromatic carbocycles. The highest BCUT2D eigenvalue weighted by Gasteiger charge is 2.22. The molecule has 2 aromatic rings. The zero-order valence-electron chi connectivity index (χ0n) is 13.6. The van der Waals surface area contributed by atoms with E-state index in [9.17, 15) is 4.39 Å². The van der Waals surface area contributed by atoms with E-state index in [1.807, 2.05) is 18.5 Å².